The third kappa shape index (κ3) is 3.25. The molecule has 3 atom stereocenters. The molecule has 1 aromatic heterocycles. The molecule has 0 aliphatic carbocycles. The Morgan fingerprint density at radius 2 is 2.08 bits per heavy atom. The van der Waals surface area contributed by atoms with Gasteiger partial charge in [0, 0.05) is 18.3 Å². The number of anilines is 1. The van der Waals surface area contributed by atoms with Gasteiger partial charge in [0.2, 0.25) is 11.8 Å². The van der Waals surface area contributed by atoms with Crippen LogP contribution in [0, 0.1) is 13.8 Å². The highest BCUT2D eigenvalue weighted by atomic mass is 32.1. The van der Waals surface area contributed by atoms with Crippen LogP contribution in [-0.4, -0.2) is 53.2 Å². The van der Waals surface area contributed by atoms with Crippen molar-refractivity contribution in [3.63, 3.8) is 0 Å². The summed E-state index contributed by atoms with van der Waals surface area (Å²) in [5.74, 6) is -0.479. The number of hydrogen-bond donors (Lipinski definition) is 4. The topological polar surface area (TPSA) is 115 Å². The molecule has 0 aromatic carbocycles. The number of urea groups is 1. The fourth-order valence-electron chi connectivity index (χ4n) is 2.76. The van der Waals surface area contributed by atoms with Crippen LogP contribution in [-0.2, 0) is 9.59 Å². The maximum atomic E-state index is 12.0. The third-order valence-corrected chi connectivity index (χ3v) is 5.24. The highest BCUT2D eigenvalue weighted by molar-refractivity contribution is 7.15. The number of fused-ring (bicyclic) bond motifs is 1. The van der Waals surface area contributed by atoms with E-state index in [9.17, 15) is 14.4 Å². The molecular formula is C14H20N6O3S. The zero-order valence-corrected chi connectivity index (χ0v) is 14.5. The number of carbonyl (C=O) groups excluding carboxylic acids is 3. The standard InChI is InChI=1S/C14H20N6O3S/c1-6-7(2)24-13(15-6)18-9(21)5-4-8-16-10-11(17-8)20(3)14(23)19-12(10)22/h8,10-11,16-17H,4-5H2,1-3H3,(H,15,18,21)(H,19,22,23). The van der Waals surface area contributed by atoms with Gasteiger partial charge in [0.25, 0.3) is 0 Å². The number of imide groups is 1. The van der Waals surface area contributed by atoms with Crippen LogP contribution >= 0.6 is 11.3 Å². The predicted octanol–water partition coefficient (Wildman–Crippen LogP) is -0.126. The molecule has 1 aromatic rings. The molecule has 0 saturated carbocycles. The van der Waals surface area contributed by atoms with Crippen LogP contribution in [0.1, 0.15) is 23.4 Å². The van der Waals surface area contributed by atoms with E-state index >= 15 is 0 Å². The minimum atomic E-state index is -0.509. The molecule has 3 heterocycles. The van der Waals surface area contributed by atoms with E-state index < -0.39 is 18.2 Å². The number of nitrogens with one attached hydrogen (secondary N) is 4. The summed E-state index contributed by atoms with van der Waals surface area (Å²) in [5.41, 5.74) is 0.914. The van der Waals surface area contributed by atoms with Gasteiger partial charge in [-0.2, -0.15) is 0 Å². The van der Waals surface area contributed by atoms with Gasteiger partial charge in [0.1, 0.15) is 12.2 Å². The third-order valence-electron chi connectivity index (χ3n) is 4.25. The fourth-order valence-corrected chi connectivity index (χ4v) is 3.59. The Kier molecular flexibility index (Phi) is 4.52. The van der Waals surface area contributed by atoms with Gasteiger partial charge < -0.3 is 10.2 Å². The maximum Gasteiger partial charge on any atom is 0.325 e. The van der Waals surface area contributed by atoms with Crippen molar-refractivity contribution >= 4 is 34.3 Å². The van der Waals surface area contributed by atoms with Crippen LogP contribution in [0.25, 0.3) is 0 Å². The van der Waals surface area contributed by atoms with Crippen LogP contribution in [0.4, 0.5) is 9.93 Å². The van der Waals surface area contributed by atoms with E-state index in [1.54, 1.807) is 7.05 Å². The van der Waals surface area contributed by atoms with Crippen LogP contribution in [0.3, 0.4) is 0 Å². The van der Waals surface area contributed by atoms with Crippen LogP contribution < -0.4 is 21.3 Å². The first kappa shape index (κ1) is 16.8. The molecule has 130 valence electrons. The van der Waals surface area contributed by atoms with Crippen LogP contribution in [0.5, 0.6) is 0 Å². The normalized spacial score (nSPS) is 26.3. The molecule has 9 nitrogen and oxygen atoms in total. The van der Waals surface area contributed by atoms with Gasteiger partial charge in [0.15, 0.2) is 5.13 Å². The van der Waals surface area contributed by atoms with E-state index in [1.165, 1.54) is 16.2 Å². The van der Waals surface area contributed by atoms with Crippen molar-refractivity contribution in [2.75, 3.05) is 12.4 Å². The minimum absolute atomic E-state index is 0.129. The monoisotopic (exact) mass is 352 g/mol. The summed E-state index contributed by atoms with van der Waals surface area (Å²) in [6.45, 7) is 3.86. The average Bonchev–Trinajstić information content (AvgIpc) is 3.07. The lowest BCUT2D eigenvalue weighted by molar-refractivity contribution is -0.124. The van der Waals surface area contributed by atoms with Gasteiger partial charge in [-0.05, 0) is 20.3 Å². The number of thiazole rings is 1. The molecule has 0 bridgehead atoms. The Balaban J connectivity index is 1.51. The summed E-state index contributed by atoms with van der Waals surface area (Å²) in [7, 11) is 1.62. The summed E-state index contributed by atoms with van der Waals surface area (Å²) in [4.78, 5) is 42.3. The Bertz CT molecular complexity index is 671. The van der Waals surface area contributed by atoms with Gasteiger partial charge in [-0.15, -0.1) is 11.3 Å². The molecule has 2 aliphatic rings. The van der Waals surface area contributed by atoms with E-state index in [2.05, 4.69) is 26.3 Å². The molecule has 0 radical (unpaired) electrons. The fraction of sp³-hybridized carbons (Fsp3) is 0.571. The molecule has 0 spiro atoms. The highest BCUT2D eigenvalue weighted by Crippen LogP contribution is 2.21. The van der Waals surface area contributed by atoms with Crippen molar-refractivity contribution in [1.82, 2.24) is 25.8 Å². The van der Waals surface area contributed by atoms with Crippen molar-refractivity contribution in [1.29, 1.82) is 0 Å². The predicted molar refractivity (Wildman–Crippen MR) is 88.4 cm³/mol. The van der Waals surface area contributed by atoms with Gasteiger partial charge >= 0.3 is 6.03 Å². The summed E-state index contributed by atoms with van der Waals surface area (Å²) < 4.78 is 0. The SMILES string of the molecule is Cc1nc(NC(=O)CCC2NC3C(=O)NC(=O)N(C)C3N2)sc1C. The number of likely N-dealkylation sites (N-methyl/N-ethyl adjacent to an activating group) is 1. The van der Waals surface area contributed by atoms with Crippen molar-refractivity contribution in [3.05, 3.63) is 10.6 Å². The van der Waals surface area contributed by atoms with Crippen molar-refractivity contribution in [2.45, 2.75) is 45.1 Å². The Labute approximate surface area is 143 Å². The summed E-state index contributed by atoms with van der Waals surface area (Å²) in [6, 6.07) is -0.937. The Morgan fingerprint density at radius 1 is 1.33 bits per heavy atom. The quantitative estimate of drug-likeness (QED) is 0.600. The van der Waals surface area contributed by atoms with Gasteiger partial charge in [-0.3, -0.25) is 25.5 Å². The lowest BCUT2D eigenvalue weighted by Crippen LogP contribution is -2.64. The number of rotatable bonds is 4. The zero-order valence-electron chi connectivity index (χ0n) is 13.7. The first-order valence-electron chi connectivity index (χ1n) is 7.69. The Morgan fingerprint density at radius 3 is 2.75 bits per heavy atom. The second-order valence-electron chi connectivity index (χ2n) is 5.96. The molecule has 24 heavy (non-hydrogen) atoms. The number of amides is 4. The summed E-state index contributed by atoms with van der Waals surface area (Å²) >= 11 is 1.45. The number of carbonyl (C=O) groups is 3. The molecule has 3 rings (SSSR count). The second kappa shape index (κ2) is 6.46. The number of aryl methyl sites for hydroxylation is 2. The molecule has 10 heteroatoms. The molecule has 2 aliphatic heterocycles. The summed E-state index contributed by atoms with van der Waals surface area (Å²) in [5, 5.41) is 12.0. The number of aromatic nitrogens is 1. The molecule has 3 unspecified atom stereocenters. The largest absolute Gasteiger partial charge is 0.325 e. The van der Waals surface area contributed by atoms with E-state index in [-0.39, 0.29) is 24.4 Å². The number of nitrogens with zero attached hydrogens (tertiary/aromatic N) is 2. The Hall–Kier alpha value is -2.04. The van der Waals surface area contributed by atoms with E-state index in [1.807, 2.05) is 13.8 Å². The van der Waals surface area contributed by atoms with E-state index in [4.69, 9.17) is 0 Å². The van der Waals surface area contributed by atoms with Gasteiger partial charge in [-0.25, -0.2) is 9.78 Å². The molecule has 2 fully saturated rings. The highest BCUT2D eigenvalue weighted by Gasteiger charge is 2.45. The zero-order chi connectivity index (χ0) is 17.4. The average molecular weight is 352 g/mol. The smallest absolute Gasteiger partial charge is 0.310 e. The van der Waals surface area contributed by atoms with E-state index in [0.29, 0.717) is 11.6 Å². The van der Waals surface area contributed by atoms with Crippen molar-refractivity contribution < 1.29 is 14.4 Å². The first-order valence-corrected chi connectivity index (χ1v) is 8.50. The first-order chi connectivity index (χ1) is 11.3. The lowest BCUT2D eigenvalue weighted by atomic mass is 10.2. The van der Waals surface area contributed by atoms with Crippen LogP contribution in [0.15, 0.2) is 0 Å². The second-order valence-corrected chi connectivity index (χ2v) is 7.16. The van der Waals surface area contributed by atoms with Crippen molar-refractivity contribution in [3.8, 4) is 0 Å². The molecule has 2 saturated heterocycles. The van der Waals surface area contributed by atoms with E-state index in [0.717, 1.165) is 10.6 Å². The van der Waals surface area contributed by atoms with Gasteiger partial charge in [-0.1, -0.05) is 0 Å². The molecular weight excluding hydrogens is 332 g/mol. The maximum absolute atomic E-state index is 12.0. The number of hydrogen-bond acceptors (Lipinski definition) is 7. The summed E-state index contributed by atoms with van der Waals surface area (Å²) in [6.07, 6.45) is 0.159. The van der Waals surface area contributed by atoms with Gasteiger partial charge in [0.05, 0.1) is 11.9 Å². The minimum Gasteiger partial charge on any atom is -0.310 e. The molecule has 4 N–H and O–H groups in total. The lowest BCUT2D eigenvalue weighted by Gasteiger charge is -2.32. The van der Waals surface area contributed by atoms with Crippen LogP contribution in [0.2, 0.25) is 0 Å². The molecule has 4 amide bonds. The van der Waals surface area contributed by atoms with Crippen molar-refractivity contribution in [2.24, 2.45) is 0 Å².